The van der Waals surface area contributed by atoms with E-state index < -0.39 is 6.03 Å². The minimum atomic E-state index is -0.521. The summed E-state index contributed by atoms with van der Waals surface area (Å²) in [5, 5.41) is 9.21. The van der Waals surface area contributed by atoms with Crippen molar-refractivity contribution in [1.29, 1.82) is 0 Å². The molecular formula is C24H27N5O3. The molecular weight excluding hydrogens is 406 g/mol. The Hall–Kier alpha value is -3.52. The molecule has 0 unspecified atom stereocenters. The number of rotatable bonds is 5. The van der Waals surface area contributed by atoms with Crippen molar-refractivity contribution in [2.75, 3.05) is 25.0 Å². The fraction of sp³-hybridized carbons (Fsp3) is 0.333. The molecule has 0 radical (unpaired) electrons. The highest BCUT2D eigenvalue weighted by atomic mass is 16.5. The molecule has 4 rings (SSSR count). The number of amides is 3. The van der Waals surface area contributed by atoms with Gasteiger partial charge in [-0.1, -0.05) is 41.6 Å². The minimum absolute atomic E-state index is 0.173. The maximum absolute atomic E-state index is 12.3. The summed E-state index contributed by atoms with van der Waals surface area (Å²) in [4.78, 5) is 31.0. The monoisotopic (exact) mass is 433 g/mol. The van der Waals surface area contributed by atoms with Crippen molar-refractivity contribution in [2.24, 2.45) is 0 Å². The number of benzene rings is 2. The van der Waals surface area contributed by atoms with Crippen molar-refractivity contribution in [1.82, 2.24) is 20.4 Å². The van der Waals surface area contributed by atoms with Crippen molar-refractivity contribution in [2.45, 2.75) is 32.6 Å². The molecule has 0 atom stereocenters. The van der Waals surface area contributed by atoms with Crippen LogP contribution < -0.4 is 10.6 Å². The molecule has 166 valence electrons. The molecule has 0 spiro atoms. The molecule has 1 aliphatic rings. The molecule has 0 saturated carbocycles. The van der Waals surface area contributed by atoms with Gasteiger partial charge in [0.2, 0.25) is 17.6 Å². The number of carbonyl (C=O) groups is 2. The molecule has 1 saturated heterocycles. The van der Waals surface area contributed by atoms with Crippen LogP contribution in [0.2, 0.25) is 0 Å². The van der Waals surface area contributed by atoms with Gasteiger partial charge in [0, 0.05) is 17.2 Å². The summed E-state index contributed by atoms with van der Waals surface area (Å²) in [7, 11) is 0. The minimum Gasteiger partial charge on any atom is -0.339 e. The van der Waals surface area contributed by atoms with E-state index in [1.54, 1.807) is 0 Å². The summed E-state index contributed by atoms with van der Waals surface area (Å²) in [6, 6.07) is 14.8. The second-order valence-electron chi connectivity index (χ2n) is 8.17. The zero-order valence-corrected chi connectivity index (χ0v) is 18.3. The fourth-order valence-electron chi connectivity index (χ4n) is 3.79. The molecule has 0 aliphatic carbocycles. The summed E-state index contributed by atoms with van der Waals surface area (Å²) < 4.78 is 5.49. The molecule has 1 aromatic heterocycles. The molecule has 3 amide bonds. The highest BCUT2D eigenvalue weighted by molar-refractivity contribution is 6.01. The third-order valence-corrected chi connectivity index (χ3v) is 5.80. The number of nitrogens with zero attached hydrogens (tertiary/aromatic N) is 3. The number of aryl methyl sites for hydroxylation is 2. The first-order valence-electron chi connectivity index (χ1n) is 10.8. The van der Waals surface area contributed by atoms with Crippen LogP contribution in [-0.2, 0) is 4.79 Å². The number of hydrogen-bond acceptors (Lipinski definition) is 6. The standard InChI is InChI=1S/C24H27N5O3/c1-16-8-9-20(14-17(16)2)25-24(31)26-21(30)15-29-12-10-19(11-13-29)23-27-22(28-32-23)18-6-4-3-5-7-18/h3-9,14,19H,10-13,15H2,1-2H3,(H2,25,26,30,31). The van der Waals surface area contributed by atoms with E-state index in [0.717, 1.165) is 42.6 Å². The summed E-state index contributed by atoms with van der Waals surface area (Å²) in [5.74, 6) is 1.08. The number of aromatic nitrogens is 2. The average Bonchev–Trinajstić information content (AvgIpc) is 3.28. The average molecular weight is 434 g/mol. The van der Waals surface area contributed by atoms with Gasteiger partial charge in [-0.05, 0) is 63.0 Å². The van der Waals surface area contributed by atoms with Crippen LogP contribution in [0, 0.1) is 13.8 Å². The van der Waals surface area contributed by atoms with Gasteiger partial charge >= 0.3 is 6.03 Å². The molecule has 8 nitrogen and oxygen atoms in total. The Kier molecular flexibility index (Phi) is 6.61. The van der Waals surface area contributed by atoms with Crippen LogP contribution in [0.5, 0.6) is 0 Å². The Labute approximate surface area is 187 Å². The fourth-order valence-corrected chi connectivity index (χ4v) is 3.79. The highest BCUT2D eigenvalue weighted by Crippen LogP contribution is 2.28. The van der Waals surface area contributed by atoms with Crippen molar-refractivity contribution < 1.29 is 14.1 Å². The highest BCUT2D eigenvalue weighted by Gasteiger charge is 2.26. The largest absolute Gasteiger partial charge is 0.339 e. The Morgan fingerprint density at radius 3 is 2.53 bits per heavy atom. The zero-order chi connectivity index (χ0) is 22.5. The maximum atomic E-state index is 12.3. The number of anilines is 1. The molecule has 2 N–H and O–H groups in total. The zero-order valence-electron chi connectivity index (χ0n) is 18.3. The Morgan fingerprint density at radius 2 is 1.81 bits per heavy atom. The van der Waals surface area contributed by atoms with Crippen molar-refractivity contribution >= 4 is 17.6 Å². The summed E-state index contributed by atoms with van der Waals surface area (Å²) in [5.41, 5.74) is 3.81. The van der Waals surface area contributed by atoms with Crippen molar-refractivity contribution in [3.63, 3.8) is 0 Å². The lowest BCUT2D eigenvalue weighted by molar-refractivity contribution is -0.121. The van der Waals surface area contributed by atoms with E-state index >= 15 is 0 Å². The molecule has 1 fully saturated rings. The molecule has 2 heterocycles. The number of carbonyl (C=O) groups excluding carboxylic acids is 2. The first kappa shape index (κ1) is 21.7. The number of likely N-dealkylation sites (tertiary alicyclic amines) is 1. The van der Waals surface area contributed by atoms with E-state index in [0.29, 0.717) is 17.4 Å². The number of piperidine rings is 1. The molecule has 8 heteroatoms. The number of nitrogens with one attached hydrogen (secondary N) is 2. The first-order valence-corrected chi connectivity index (χ1v) is 10.8. The SMILES string of the molecule is Cc1ccc(NC(=O)NC(=O)CN2CCC(c3nc(-c4ccccc4)no3)CC2)cc1C. The van der Waals surface area contributed by atoms with Crippen LogP contribution in [0.3, 0.4) is 0 Å². The van der Waals surface area contributed by atoms with E-state index in [4.69, 9.17) is 4.52 Å². The molecule has 3 aromatic rings. The van der Waals surface area contributed by atoms with Crippen LogP contribution >= 0.6 is 0 Å². The predicted molar refractivity (Wildman–Crippen MR) is 121 cm³/mol. The predicted octanol–water partition coefficient (Wildman–Crippen LogP) is 3.88. The number of hydrogen-bond donors (Lipinski definition) is 2. The first-order chi connectivity index (χ1) is 15.5. The number of urea groups is 1. The van der Waals surface area contributed by atoms with Gasteiger partial charge in [-0.3, -0.25) is 15.0 Å². The Balaban J connectivity index is 1.23. The van der Waals surface area contributed by atoms with Gasteiger partial charge < -0.3 is 9.84 Å². The van der Waals surface area contributed by atoms with Crippen LogP contribution in [-0.4, -0.2) is 46.6 Å². The van der Waals surface area contributed by atoms with Gasteiger partial charge in [0.15, 0.2) is 0 Å². The quantitative estimate of drug-likeness (QED) is 0.633. The smallest absolute Gasteiger partial charge is 0.325 e. The van der Waals surface area contributed by atoms with E-state index in [9.17, 15) is 9.59 Å². The van der Waals surface area contributed by atoms with Gasteiger partial charge in [-0.25, -0.2) is 4.79 Å². The van der Waals surface area contributed by atoms with Crippen LogP contribution in [0.4, 0.5) is 10.5 Å². The summed E-state index contributed by atoms with van der Waals surface area (Å²) >= 11 is 0. The lowest BCUT2D eigenvalue weighted by Crippen LogP contribution is -2.44. The summed E-state index contributed by atoms with van der Waals surface area (Å²) in [6.07, 6.45) is 1.64. The van der Waals surface area contributed by atoms with Gasteiger partial charge in [-0.2, -0.15) is 4.98 Å². The van der Waals surface area contributed by atoms with Crippen LogP contribution in [0.25, 0.3) is 11.4 Å². The third-order valence-electron chi connectivity index (χ3n) is 5.80. The second-order valence-corrected chi connectivity index (χ2v) is 8.17. The molecule has 32 heavy (non-hydrogen) atoms. The van der Waals surface area contributed by atoms with Gasteiger partial charge in [-0.15, -0.1) is 0 Å². The Bertz CT molecular complexity index is 1090. The van der Waals surface area contributed by atoms with Crippen LogP contribution in [0.1, 0.15) is 35.8 Å². The van der Waals surface area contributed by atoms with Crippen LogP contribution in [0.15, 0.2) is 53.1 Å². The van der Waals surface area contributed by atoms with Gasteiger partial charge in [0.1, 0.15) is 0 Å². The second kappa shape index (κ2) is 9.74. The molecule has 1 aliphatic heterocycles. The Morgan fingerprint density at radius 1 is 1.06 bits per heavy atom. The van der Waals surface area contributed by atoms with E-state index in [-0.39, 0.29) is 18.4 Å². The van der Waals surface area contributed by atoms with Crippen molar-refractivity contribution in [3.8, 4) is 11.4 Å². The topological polar surface area (TPSA) is 100 Å². The summed E-state index contributed by atoms with van der Waals surface area (Å²) in [6.45, 7) is 5.60. The lowest BCUT2D eigenvalue weighted by atomic mass is 9.97. The third kappa shape index (κ3) is 5.39. The normalized spacial score (nSPS) is 14.8. The molecule has 2 aromatic carbocycles. The number of imide groups is 1. The van der Waals surface area contributed by atoms with Crippen molar-refractivity contribution in [3.05, 3.63) is 65.5 Å². The maximum Gasteiger partial charge on any atom is 0.325 e. The van der Waals surface area contributed by atoms with E-state index in [1.807, 2.05) is 67.3 Å². The van der Waals surface area contributed by atoms with E-state index in [2.05, 4.69) is 20.8 Å². The van der Waals surface area contributed by atoms with E-state index in [1.165, 1.54) is 0 Å². The van der Waals surface area contributed by atoms with Gasteiger partial charge in [0.05, 0.1) is 6.54 Å². The lowest BCUT2D eigenvalue weighted by Gasteiger charge is -2.29. The molecule has 0 bridgehead atoms. The van der Waals surface area contributed by atoms with Gasteiger partial charge in [0.25, 0.3) is 0 Å².